The maximum Gasteiger partial charge on any atom is 0.417 e. The molecule has 0 amide bonds. The van der Waals surface area contributed by atoms with Crippen LogP contribution in [0.4, 0.5) is 13.2 Å². The summed E-state index contributed by atoms with van der Waals surface area (Å²) in [4.78, 5) is 0. The van der Waals surface area contributed by atoms with Gasteiger partial charge in [-0.3, -0.25) is 0 Å². The number of hydrogen-bond acceptors (Lipinski definition) is 2. The Morgan fingerprint density at radius 1 is 0.947 bits per heavy atom. The maximum atomic E-state index is 13.7. The van der Waals surface area contributed by atoms with Crippen LogP contribution >= 0.6 is 0 Å². The van der Waals surface area contributed by atoms with Crippen LogP contribution < -0.4 is 0 Å². The number of aliphatic hydroxyl groups is 2. The molecule has 0 saturated heterocycles. The van der Waals surface area contributed by atoms with Crippen LogP contribution in [0.5, 0.6) is 0 Å². The summed E-state index contributed by atoms with van der Waals surface area (Å²) in [7, 11) is 0. The van der Waals surface area contributed by atoms with Gasteiger partial charge < -0.3 is 10.2 Å². The molecule has 5 heteroatoms. The predicted octanol–water partition coefficient (Wildman–Crippen LogP) is 8.85. The zero-order chi connectivity index (χ0) is 27.9. The molecule has 0 aliphatic heterocycles. The second-order valence-corrected chi connectivity index (χ2v) is 16.2. The van der Waals surface area contributed by atoms with Crippen LogP contribution in [0.25, 0.3) is 0 Å². The van der Waals surface area contributed by atoms with Gasteiger partial charge in [-0.2, -0.15) is 13.2 Å². The van der Waals surface area contributed by atoms with Crippen molar-refractivity contribution in [2.75, 3.05) is 0 Å². The van der Waals surface area contributed by atoms with E-state index in [1.807, 2.05) is 0 Å². The van der Waals surface area contributed by atoms with Gasteiger partial charge in [0.05, 0.1) is 5.60 Å². The van der Waals surface area contributed by atoms with Crippen LogP contribution in [0.15, 0.2) is 11.6 Å². The molecule has 0 spiro atoms. The van der Waals surface area contributed by atoms with Gasteiger partial charge in [0.25, 0.3) is 0 Å². The molecular weight excluding hydrogens is 485 g/mol. The van der Waals surface area contributed by atoms with E-state index in [9.17, 15) is 23.4 Å². The molecule has 4 saturated carbocycles. The van der Waals surface area contributed by atoms with Crippen molar-refractivity contribution in [2.24, 2.45) is 51.8 Å². The van der Waals surface area contributed by atoms with E-state index in [0.717, 1.165) is 63.4 Å². The van der Waals surface area contributed by atoms with Crippen molar-refractivity contribution in [2.45, 2.75) is 142 Å². The van der Waals surface area contributed by atoms with Crippen molar-refractivity contribution >= 4 is 0 Å². The highest BCUT2D eigenvalue weighted by atomic mass is 19.4. The van der Waals surface area contributed by atoms with Crippen LogP contribution in [0.1, 0.15) is 125 Å². The first-order valence-electron chi connectivity index (χ1n) is 15.6. The van der Waals surface area contributed by atoms with Gasteiger partial charge in [0.15, 0.2) is 5.60 Å². The third-order valence-corrected chi connectivity index (χ3v) is 13.3. The molecule has 0 bridgehead atoms. The first kappa shape index (κ1) is 29.0. The van der Waals surface area contributed by atoms with Crippen LogP contribution in [-0.2, 0) is 0 Å². The lowest BCUT2D eigenvalue weighted by Gasteiger charge is -2.59. The highest BCUT2D eigenvalue weighted by Crippen LogP contribution is 2.69. The van der Waals surface area contributed by atoms with Gasteiger partial charge in [-0.15, -0.1) is 0 Å². The summed E-state index contributed by atoms with van der Waals surface area (Å²) in [5.41, 5.74) is -1.79. The first-order valence-corrected chi connectivity index (χ1v) is 15.6. The van der Waals surface area contributed by atoms with Crippen LogP contribution in [-0.4, -0.2) is 27.6 Å². The van der Waals surface area contributed by atoms with Gasteiger partial charge >= 0.3 is 6.18 Å². The van der Waals surface area contributed by atoms with E-state index in [1.54, 1.807) is 0 Å². The maximum absolute atomic E-state index is 13.7. The molecule has 5 aliphatic rings. The lowest BCUT2D eigenvalue weighted by molar-refractivity contribution is -0.271. The molecule has 0 aromatic carbocycles. The molecule has 2 nitrogen and oxygen atoms in total. The summed E-state index contributed by atoms with van der Waals surface area (Å²) in [6.45, 7) is 14.2. The van der Waals surface area contributed by atoms with Crippen molar-refractivity contribution in [1.29, 1.82) is 0 Å². The topological polar surface area (TPSA) is 40.5 Å². The molecule has 1 unspecified atom stereocenters. The van der Waals surface area contributed by atoms with Gasteiger partial charge in [-0.1, -0.05) is 53.2 Å². The second-order valence-electron chi connectivity index (χ2n) is 16.2. The standard InChI is InChI=1S/C33H53F3O2/c1-21(9-12-31(37)16-13-28(3,4)14-17-31)27-22(2)19-26-24-8-7-23-20-32(38,33(34,35)36)18-15-29(23,5)25(24)10-11-30(26,27)6/h7,21-22,24-27,37-38H,8-20H2,1-6H3/t21-,22?,24-,25+,26+,27+,29+,30+,32+/m1/s1. The lowest BCUT2D eigenvalue weighted by Crippen LogP contribution is -2.55. The number of rotatable bonds is 4. The predicted molar refractivity (Wildman–Crippen MR) is 146 cm³/mol. The zero-order valence-corrected chi connectivity index (χ0v) is 24.8. The lowest BCUT2D eigenvalue weighted by atomic mass is 9.46. The number of halogens is 3. The summed E-state index contributed by atoms with van der Waals surface area (Å²) in [6.07, 6.45) is 7.95. The Balaban J connectivity index is 1.30. The SMILES string of the molecule is CC1C[C@H]2[C@@H]3CC=C4C[C@](O)(C(F)(F)F)CC[C@]4(C)[C@H]3CC[C@]2(C)[C@H]1[C@H](C)CCC1(O)CCC(C)(C)CC1. The van der Waals surface area contributed by atoms with Crippen molar-refractivity contribution in [3.05, 3.63) is 11.6 Å². The van der Waals surface area contributed by atoms with Crippen molar-refractivity contribution in [3.8, 4) is 0 Å². The molecule has 4 fully saturated rings. The number of fused-ring (bicyclic) bond motifs is 5. The number of allylic oxidation sites excluding steroid dienone is 1. The van der Waals surface area contributed by atoms with E-state index in [1.165, 1.54) is 6.42 Å². The smallest absolute Gasteiger partial charge is 0.390 e. The highest BCUT2D eigenvalue weighted by Gasteiger charge is 2.64. The van der Waals surface area contributed by atoms with Crippen LogP contribution in [0.2, 0.25) is 0 Å². The monoisotopic (exact) mass is 538 g/mol. The van der Waals surface area contributed by atoms with Gasteiger partial charge in [0.1, 0.15) is 0 Å². The Kier molecular flexibility index (Phi) is 7.03. The Hall–Kier alpha value is -0.550. The molecule has 218 valence electrons. The first-order chi connectivity index (χ1) is 17.4. The third kappa shape index (κ3) is 4.62. The Labute approximate surface area is 229 Å². The average molecular weight is 539 g/mol. The molecule has 0 aromatic rings. The quantitative estimate of drug-likeness (QED) is 0.351. The van der Waals surface area contributed by atoms with Gasteiger partial charge in [0, 0.05) is 6.42 Å². The molecule has 9 atom stereocenters. The zero-order valence-electron chi connectivity index (χ0n) is 24.8. The minimum atomic E-state index is -4.57. The summed E-state index contributed by atoms with van der Waals surface area (Å²) in [6, 6.07) is 0. The fraction of sp³-hybridized carbons (Fsp3) is 0.939. The summed E-state index contributed by atoms with van der Waals surface area (Å²) < 4.78 is 41.0. The molecular formula is C33H53F3O2. The van der Waals surface area contributed by atoms with E-state index in [4.69, 9.17) is 0 Å². The van der Waals surface area contributed by atoms with E-state index in [0.29, 0.717) is 47.3 Å². The second kappa shape index (κ2) is 9.23. The van der Waals surface area contributed by atoms with E-state index >= 15 is 0 Å². The van der Waals surface area contributed by atoms with E-state index in [2.05, 4.69) is 47.6 Å². The van der Waals surface area contributed by atoms with E-state index in [-0.39, 0.29) is 23.7 Å². The molecule has 5 rings (SSSR count). The van der Waals surface area contributed by atoms with Crippen LogP contribution in [0, 0.1) is 51.8 Å². The molecule has 2 N–H and O–H groups in total. The fourth-order valence-corrected chi connectivity index (χ4v) is 10.8. The molecule has 5 aliphatic carbocycles. The Morgan fingerprint density at radius 2 is 1.61 bits per heavy atom. The largest absolute Gasteiger partial charge is 0.417 e. The minimum absolute atomic E-state index is 0.175. The van der Waals surface area contributed by atoms with Crippen LogP contribution in [0.3, 0.4) is 0 Å². The van der Waals surface area contributed by atoms with Crippen molar-refractivity contribution < 1.29 is 23.4 Å². The fourth-order valence-electron chi connectivity index (χ4n) is 10.8. The molecule has 0 heterocycles. The third-order valence-electron chi connectivity index (χ3n) is 13.3. The van der Waals surface area contributed by atoms with Crippen molar-refractivity contribution in [3.63, 3.8) is 0 Å². The minimum Gasteiger partial charge on any atom is -0.390 e. The highest BCUT2D eigenvalue weighted by molar-refractivity contribution is 5.28. The average Bonchev–Trinajstić information content (AvgIpc) is 3.10. The summed E-state index contributed by atoms with van der Waals surface area (Å²) in [5, 5.41) is 21.8. The molecule has 38 heavy (non-hydrogen) atoms. The Morgan fingerprint density at radius 3 is 2.24 bits per heavy atom. The molecule has 0 radical (unpaired) electrons. The summed E-state index contributed by atoms with van der Waals surface area (Å²) in [5.74, 6) is 3.41. The van der Waals surface area contributed by atoms with Gasteiger partial charge in [-0.25, -0.2) is 0 Å². The summed E-state index contributed by atoms with van der Waals surface area (Å²) >= 11 is 0. The Bertz CT molecular complexity index is 929. The van der Waals surface area contributed by atoms with Gasteiger partial charge in [-0.05, 0) is 129 Å². The van der Waals surface area contributed by atoms with E-state index < -0.39 is 17.4 Å². The number of alkyl halides is 3. The van der Waals surface area contributed by atoms with Crippen molar-refractivity contribution in [1.82, 2.24) is 0 Å². The van der Waals surface area contributed by atoms with Gasteiger partial charge in [0.2, 0.25) is 0 Å². The normalized spacial score (nSPS) is 46.9. The molecule has 0 aromatic heterocycles. The number of hydrogen-bond donors (Lipinski definition) is 2.